The third-order valence-electron chi connectivity index (χ3n) is 3.30. The quantitative estimate of drug-likeness (QED) is 0.711. The summed E-state index contributed by atoms with van der Waals surface area (Å²) in [6.45, 7) is 0.649. The molecule has 2 heterocycles. The summed E-state index contributed by atoms with van der Waals surface area (Å²) in [7, 11) is 3.61. The van der Waals surface area contributed by atoms with Gasteiger partial charge in [-0.2, -0.15) is 5.10 Å². The molecule has 0 aliphatic heterocycles. The van der Waals surface area contributed by atoms with Gasteiger partial charge in [0.25, 0.3) is 0 Å². The van der Waals surface area contributed by atoms with Crippen molar-refractivity contribution < 1.29 is 4.79 Å². The van der Waals surface area contributed by atoms with Gasteiger partial charge in [-0.3, -0.25) is 9.48 Å². The summed E-state index contributed by atoms with van der Waals surface area (Å²) in [6, 6.07) is 9.48. The Morgan fingerprint density at radius 3 is 2.86 bits per heavy atom. The van der Waals surface area contributed by atoms with Crippen molar-refractivity contribution in [1.29, 1.82) is 0 Å². The first-order chi connectivity index (χ1) is 10.1. The molecule has 0 saturated carbocycles. The van der Waals surface area contributed by atoms with E-state index in [4.69, 9.17) is 0 Å². The van der Waals surface area contributed by atoms with Crippen molar-refractivity contribution in [2.24, 2.45) is 7.05 Å². The van der Waals surface area contributed by atoms with Gasteiger partial charge in [0.2, 0.25) is 5.91 Å². The zero-order valence-corrected chi connectivity index (χ0v) is 12.0. The largest absolute Gasteiger partial charge is 0.338 e. The third-order valence-corrected chi connectivity index (χ3v) is 3.30. The van der Waals surface area contributed by atoms with Gasteiger partial charge in [0.1, 0.15) is 12.1 Å². The second-order valence-electron chi connectivity index (χ2n) is 4.97. The summed E-state index contributed by atoms with van der Waals surface area (Å²) in [5.41, 5.74) is 2.51. The van der Waals surface area contributed by atoms with Crippen LogP contribution in [0.5, 0.6) is 0 Å². The van der Waals surface area contributed by atoms with E-state index in [0.29, 0.717) is 6.54 Å². The first-order valence-electron chi connectivity index (χ1n) is 6.64. The van der Waals surface area contributed by atoms with Crippen LogP contribution in [0.4, 0.5) is 0 Å². The standard InChI is InChI=1S/C14H16N6O/c1-18(9-11-7-8-19(2)16-11)14(21)10-20-13-6-4-3-5-12(13)15-17-20/h3-8H,9-10H2,1-2H3. The predicted molar refractivity (Wildman–Crippen MR) is 77.2 cm³/mol. The molecule has 0 fully saturated rings. The van der Waals surface area contributed by atoms with Crippen molar-refractivity contribution in [2.45, 2.75) is 13.1 Å². The number of likely N-dealkylation sites (N-methyl/N-ethyl adjacent to an activating group) is 1. The van der Waals surface area contributed by atoms with Crippen LogP contribution in [-0.4, -0.2) is 42.6 Å². The van der Waals surface area contributed by atoms with E-state index in [1.54, 1.807) is 21.3 Å². The van der Waals surface area contributed by atoms with E-state index in [9.17, 15) is 4.79 Å². The second-order valence-corrected chi connectivity index (χ2v) is 4.97. The van der Waals surface area contributed by atoms with Crippen molar-refractivity contribution in [2.75, 3.05) is 7.05 Å². The third kappa shape index (κ3) is 2.76. The lowest BCUT2D eigenvalue weighted by Crippen LogP contribution is -2.30. The Kier molecular flexibility index (Phi) is 3.39. The summed E-state index contributed by atoms with van der Waals surface area (Å²) >= 11 is 0. The highest BCUT2D eigenvalue weighted by molar-refractivity contribution is 5.79. The summed E-state index contributed by atoms with van der Waals surface area (Å²) in [6.07, 6.45) is 1.86. The van der Waals surface area contributed by atoms with Crippen LogP contribution in [0.2, 0.25) is 0 Å². The lowest BCUT2D eigenvalue weighted by Gasteiger charge is -2.15. The molecule has 1 aromatic carbocycles. The van der Waals surface area contributed by atoms with Crippen molar-refractivity contribution in [3.8, 4) is 0 Å². The van der Waals surface area contributed by atoms with Crippen molar-refractivity contribution in [3.05, 3.63) is 42.2 Å². The number of amides is 1. The molecule has 0 N–H and O–H groups in total. The summed E-state index contributed by atoms with van der Waals surface area (Å²) in [5.74, 6) is -0.0312. The van der Waals surface area contributed by atoms with E-state index in [0.717, 1.165) is 16.7 Å². The zero-order chi connectivity index (χ0) is 14.8. The zero-order valence-electron chi connectivity index (χ0n) is 12.0. The highest BCUT2D eigenvalue weighted by Gasteiger charge is 2.13. The molecular weight excluding hydrogens is 268 g/mol. The second kappa shape index (κ2) is 5.35. The summed E-state index contributed by atoms with van der Waals surface area (Å²) < 4.78 is 3.34. The van der Waals surface area contributed by atoms with Crippen molar-refractivity contribution in [1.82, 2.24) is 29.7 Å². The molecule has 7 heteroatoms. The molecule has 0 aliphatic rings. The minimum Gasteiger partial charge on any atom is -0.338 e. The maximum atomic E-state index is 12.3. The number of hydrogen-bond acceptors (Lipinski definition) is 4. The van der Waals surface area contributed by atoms with Crippen LogP contribution in [0.3, 0.4) is 0 Å². The molecule has 7 nitrogen and oxygen atoms in total. The Balaban J connectivity index is 1.70. The molecular formula is C14H16N6O. The van der Waals surface area contributed by atoms with Gasteiger partial charge in [-0.25, -0.2) is 4.68 Å². The molecule has 3 rings (SSSR count). The fourth-order valence-corrected chi connectivity index (χ4v) is 2.16. The van der Waals surface area contributed by atoms with Crippen LogP contribution < -0.4 is 0 Å². The average Bonchev–Trinajstić information content (AvgIpc) is 3.06. The first-order valence-corrected chi connectivity index (χ1v) is 6.64. The van der Waals surface area contributed by atoms with Gasteiger partial charge in [-0.1, -0.05) is 17.3 Å². The number of aromatic nitrogens is 5. The fourth-order valence-electron chi connectivity index (χ4n) is 2.16. The van der Waals surface area contributed by atoms with Crippen LogP contribution >= 0.6 is 0 Å². The number of hydrogen-bond donors (Lipinski definition) is 0. The summed E-state index contributed by atoms with van der Waals surface area (Å²) in [4.78, 5) is 13.9. The molecule has 21 heavy (non-hydrogen) atoms. The Morgan fingerprint density at radius 2 is 2.10 bits per heavy atom. The molecule has 0 atom stereocenters. The molecule has 108 valence electrons. The highest BCUT2D eigenvalue weighted by atomic mass is 16.2. The van der Waals surface area contributed by atoms with Gasteiger partial charge in [0.05, 0.1) is 17.8 Å². The number of carbonyl (C=O) groups is 1. The van der Waals surface area contributed by atoms with Gasteiger partial charge in [-0.05, 0) is 18.2 Å². The maximum absolute atomic E-state index is 12.3. The van der Waals surface area contributed by atoms with Gasteiger partial charge < -0.3 is 4.90 Å². The average molecular weight is 284 g/mol. The smallest absolute Gasteiger partial charge is 0.244 e. The highest BCUT2D eigenvalue weighted by Crippen LogP contribution is 2.10. The number of aryl methyl sites for hydroxylation is 1. The van der Waals surface area contributed by atoms with Gasteiger partial charge in [0.15, 0.2) is 0 Å². The van der Waals surface area contributed by atoms with Gasteiger partial charge in [-0.15, -0.1) is 5.10 Å². The van der Waals surface area contributed by atoms with Crippen LogP contribution in [0.25, 0.3) is 11.0 Å². The van der Waals surface area contributed by atoms with Crippen LogP contribution in [0.1, 0.15) is 5.69 Å². The molecule has 0 aliphatic carbocycles. The van der Waals surface area contributed by atoms with E-state index in [1.807, 2.05) is 43.6 Å². The number of fused-ring (bicyclic) bond motifs is 1. The van der Waals surface area contributed by atoms with E-state index >= 15 is 0 Å². The topological polar surface area (TPSA) is 68.8 Å². The molecule has 0 bridgehead atoms. The Hall–Kier alpha value is -2.70. The van der Waals surface area contributed by atoms with E-state index < -0.39 is 0 Å². The Labute approximate surface area is 121 Å². The number of benzene rings is 1. The molecule has 0 unspecified atom stereocenters. The molecule has 0 saturated heterocycles. The van der Waals surface area contributed by atoms with Crippen LogP contribution in [0.15, 0.2) is 36.5 Å². The molecule has 2 aromatic heterocycles. The number of rotatable bonds is 4. The SMILES string of the molecule is CN(Cc1ccn(C)n1)C(=O)Cn1nnc2ccccc21. The van der Waals surface area contributed by atoms with Crippen molar-refractivity contribution in [3.63, 3.8) is 0 Å². The Morgan fingerprint density at radius 1 is 1.29 bits per heavy atom. The van der Waals surface area contributed by atoms with E-state index in [1.165, 1.54) is 0 Å². The monoisotopic (exact) mass is 284 g/mol. The van der Waals surface area contributed by atoms with Gasteiger partial charge >= 0.3 is 0 Å². The van der Waals surface area contributed by atoms with E-state index in [-0.39, 0.29) is 12.5 Å². The minimum absolute atomic E-state index is 0.0312. The fraction of sp³-hybridized carbons (Fsp3) is 0.286. The van der Waals surface area contributed by atoms with Gasteiger partial charge in [0, 0.05) is 20.3 Å². The molecule has 0 radical (unpaired) electrons. The van der Waals surface area contributed by atoms with Crippen LogP contribution in [-0.2, 0) is 24.9 Å². The molecule has 0 spiro atoms. The number of para-hydroxylation sites is 1. The van der Waals surface area contributed by atoms with E-state index in [2.05, 4.69) is 15.4 Å². The van der Waals surface area contributed by atoms with Crippen molar-refractivity contribution >= 4 is 16.9 Å². The Bertz CT molecular complexity index is 774. The lowest BCUT2D eigenvalue weighted by molar-refractivity contribution is -0.131. The molecule has 3 aromatic rings. The molecule has 1 amide bonds. The van der Waals surface area contributed by atoms with Crippen LogP contribution in [0, 0.1) is 0 Å². The maximum Gasteiger partial charge on any atom is 0.244 e. The number of carbonyl (C=O) groups excluding carboxylic acids is 1. The first kappa shape index (κ1) is 13.3. The number of nitrogens with zero attached hydrogens (tertiary/aromatic N) is 6. The minimum atomic E-state index is -0.0312. The lowest BCUT2D eigenvalue weighted by atomic mass is 10.3. The summed E-state index contributed by atoms with van der Waals surface area (Å²) in [5, 5.41) is 12.3. The normalized spacial score (nSPS) is 11.0. The predicted octanol–water partition coefficient (Wildman–Crippen LogP) is 0.823.